The van der Waals surface area contributed by atoms with Gasteiger partial charge in [0.05, 0.1) is 25.1 Å². The molecule has 2 aromatic heterocycles. The minimum Gasteiger partial charge on any atom is -0.388 e. The van der Waals surface area contributed by atoms with E-state index < -0.39 is 5.60 Å². The second kappa shape index (κ2) is 8.14. The summed E-state index contributed by atoms with van der Waals surface area (Å²) in [6, 6.07) is 0. The average Bonchev–Trinajstić information content (AvgIpc) is 3.39. The van der Waals surface area contributed by atoms with Crippen LogP contribution in [0.25, 0.3) is 11.2 Å². The van der Waals surface area contributed by atoms with Crippen LogP contribution in [0.15, 0.2) is 12.7 Å². The van der Waals surface area contributed by atoms with Gasteiger partial charge in [0.25, 0.3) is 0 Å². The summed E-state index contributed by atoms with van der Waals surface area (Å²) in [4.78, 5) is 18.5. The molecule has 0 bridgehead atoms. The van der Waals surface area contributed by atoms with Crippen LogP contribution in [0.2, 0.25) is 0 Å². The van der Waals surface area contributed by atoms with Crippen LogP contribution in [0, 0.1) is 5.92 Å². The van der Waals surface area contributed by atoms with Crippen molar-refractivity contribution in [2.45, 2.75) is 31.4 Å². The Balaban J connectivity index is 1.28. The molecule has 9 heteroatoms. The zero-order valence-electron chi connectivity index (χ0n) is 16.9. The number of fused-ring (bicyclic) bond motifs is 1. The molecule has 3 aliphatic rings. The zero-order valence-corrected chi connectivity index (χ0v) is 16.9. The van der Waals surface area contributed by atoms with Gasteiger partial charge in [-0.15, -0.1) is 0 Å². The molecule has 0 aromatic carbocycles. The molecule has 9 nitrogen and oxygen atoms in total. The van der Waals surface area contributed by atoms with E-state index in [4.69, 9.17) is 9.47 Å². The van der Waals surface area contributed by atoms with E-state index in [-0.39, 0.29) is 0 Å². The van der Waals surface area contributed by atoms with Gasteiger partial charge < -0.3 is 24.0 Å². The monoisotopic (exact) mass is 402 g/mol. The normalized spacial score (nSPS) is 25.7. The SMILES string of the molecule is OC1(Cn2cnc3c(N4CCN(CC5CCOC5)CC4)ncnc32)CCOCC1. The van der Waals surface area contributed by atoms with Crippen LogP contribution in [0.5, 0.6) is 0 Å². The molecule has 1 N–H and O–H groups in total. The van der Waals surface area contributed by atoms with Crippen molar-refractivity contribution < 1.29 is 14.6 Å². The number of anilines is 1. The van der Waals surface area contributed by atoms with Gasteiger partial charge in [-0.3, -0.25) is 4.90 Å². The molecule has 2 aromatic rings. The molecule has 0 spiro atoms. The third-order valence-corrected chi connectivity index (χ3v) is 6.48. The number of piperazine rings is 1. The molecule has 29 heavy (non-hydrogen) atoms. The summed E-state index contributed by atoms with van der Waals surface area (Å²) < 4.78 is 12.9. The van der Waals surface area contributed by atoms with E-state index in [1.165, 1.54) is 6.42 Å². The molecule has 3 fully saturated rings. The second-order valence-corrected chi connectivity index (χ2v) is 8.60. The van der Waals surface area contributed by atoms with Crippen LogP contribution < -0.4 is 4.90 Å². The lowest BCUT2D eigenvalue weighted by Crippen LogP contribution is -2.48. The van der Waals surface area contributed by atoms with Gasteiger partial charge in [0.1, 0.15) is 6.33 Å². The molecule has 3 aliphatic heterocycles. The van der Waals surface area contributed by atoms with Crippen LogP contribution >= 0.6 is 0 Å². The third kappa shape index (κ3) is 4.09. The first-order valence-electron chi connectivity index (χ1n) is 10.7. The second-order valence-electron chi connectivity index (χ2n) is 8.60. The van der Waals surface area contributed by atoms with Gasteiger partial charge in [0.15, 0.2) is 17.0 Å². The molecule has 5 rings (SSSR count). The van der Waals surface area contributed by atoms with Crippen molar-refractivity contribution in [3.05, 3.63) is 12.7 Å². The molecule has 1 unspecified atom stereocenters. The van der Waals surface area contributed by atoms with Crippen LogP contribution in [0.4, 0.5) is 5.82 Å². The molecule has 0 amide bonds. The maximum atomic E-state index is 10.9. The predicted octanol–water partition coefficient (Wildman–Crippen LogP) is 0.526. The molecule has 1 atom stereocenters. The molecule has 0 radical (unpaired) electrons. The molecule has 158 valence electrons. The first kappa shape index (κ1) is 19.2. The Morgan fingerprint density at radius 2 is 1.86 bits per heavy atom. The maximum Gasteiger partial charge on any atom is 0.165 e. The van der Waals surface area contributed by atoms with Crippen molar-refractivity contribution in [3.8, 4) is 0 Å². The highest BCUT2D eigenvalue weighted by molar-refractivity contribution is 5.83. The number of aromatic nitrogens is 4. The number of imidazole rings is 1. The Bertz CT molecular complexity index is 823. The van der Waals surface area contributed by atoms with Crippen LogP contribution in [0.1, 0.15) is 19.3 Å². The van der Waals surface area contributed by atoms with E-state index in [1.54, 1.807) is 12.7 Å². The van der Waals surface area contributed by atoms with Gasteiger partial charge >= 0.3 is 0 Å². The zero-order chi connectivity index (χ0) is 19.7. The summed E-state index contributed by atoms with van der Waals surface area (Å²) in [6.07, 6.45) is 5.86. The van der Waals surface area contributed by atoms with E-state index in [9.17, 15) is 5.11 Å². The lowest BCUT2D eigenvalue weighted by molar-refractivity contribution is -0.0723. The number of nitrogens with zero attached hydrogens (tertiary/aromatic N) is 6. The smallest absolute Gasteiger partial charge is 0.165 e. The fraction of sp³-hybridized carbons (Fsp3) is 0.750. The van der Waals surface area contributed by atoms with Gasteiger partial charge in [0.2, 0.25) is 0 Å². The number of aliphatic hydroxyl groups is 1. The summed E-state index contributed by atoms with van der Waals surface area (Å²) in [7, 11) is 0. The summed E-state index contributed by atoms with van der Waals surface area (Å²) in [5, 5.41) is 10.9. The van der Waals surface area contributed by atoms with E-state index in [0.717, 1.165) is 62.9 Å². The minimum absolute atomic E-state index is 0.487. The summed E-state index contributed by atoms with van der Waals surface area (Å²) in [5.41, 5.74) is 0.855. The van der Waals surface area contributed by atoms with Crippen molar-refractivity contribution in [2.75, 3.05) is 64.1 Å². The largest absolute Gasteiger partial charge is 0.388 e. The lowest BCUT2D eigenvalue weighted by Gasteiger charge is -2.36. The number of ether oxygens (including phenoxy) is 2. The van der Waals surface area contributed by atoms with Crippen molar-refractivity contribution in [1.82, 2.24) is 24.4 Å². The van der Waals surface area contributed by atoms with E-state index in [1.807, 2.05) is 4.57 Å². The third-order valence-electron chi connectivity index (χ3n) is 6.48. The minimum atomic E-state index is -0.757. The number of rotatable bonds is 5. The topological polar surface area (TPSA) is 88.8 Å². The highest BCUT2D eigenvalue weighted by atomic mass is 16.5. The highest BCUT2D eigenvalue weighted by Gasteiger charge is 2.31. The van der Waals surface area contributed by atoms with E-state index in [0.29, 0.717) is 38.5 Å². The predicted molar refractivity (Wildman–Crippen MR) is 108 cm³/mol. The summed E-state index contributed by atoms with van der Waals surface area (Å²) in [5.74, 6) is 1.58. The van der Waals surface area contributed by atoms with Gasteiger partial charge in [-0.1, -0.05) is 0 Å². The Morgan fingerprint density at radius 1 is 1.03 bits per heavy atom. The Hall–Kier alpha value is -1.81. The molecular weight excluding hydrogens is 372 g/mol. The fourth-order valence-corrected chi connectivity index (χ4v) is 4.68. The van der Waals surface area contributed by atoms with Crippen molar-refractivity contribution in [2.24, 2.45) is 5.92 Å². The van der Waals surface area contributed by atoms with Gasteiger partial charge in [0, 0.05) is 65.4 Å². The highest BCUT2D eigenvalue weighted by Crippen LogP contribution is 2.27. The Morgan fingerprint density at radius 3 is 2.62 bits per heavy atom. The number of hydrogen-bond acceptors (Lipinski definition) is 8. The van der Waals surface area contributed by atoms with Gasteiger partial charge in [-0.25, -0.2) is 15.0 Å². The molecular formula is C20H30N6O3. The molecule has 0 saturated carbocycles. The number of hydrogen-bond donors (Lipinski definition) is 1. The summed E-state index contributed by atoms with van der Waals surface area (Å²) >= 11 is 0. The average molecular weight is 402 g/mol. The van der Waals surface area contributed by atoms with Crippen molar-refractivity contribution >= 4 is 17.0 Å². The molecule has 0 aliphatic carbocycles. The van der Waals surface area contributed by atoms with Crippen molar-refractivity contribution in [3.63, 3.8) is 0 Å². The fourth-order valence-electron chi connectivity index (χ4n) is 4.68. The van der Waals surface area contributed by atoms with Crippen molar-refractivity contribution in [1.29, 1.82) is 0 Å². The lowest BCUT2D eigenvalue weighted by atomic mass is 9.94. The van der Waals surface area contributed by atoms with Crippen LogP contribution in [-0.4, -0.2) is 94.3 Å². The van der Waals surface area contributed by atoms with Crippen LogP contribution in [-0.2, 0) is 16.0 Å². The Kier molecular flexibility index (Phi) is 5.38. The van der Waals surface area contributed by atoms with Crippen LogP contribution in [0.3, 0.4) is 0 Å². The Labute approximate surface area is 170 Å². The quantitative estimate of drug-likeness (QED) is 0.775. The van der Waals surface area contributed by atoms with Gasteiger partial charge in [-0.2, -0.15) is 0 Å². The van der Waals surface area contributed by atoms with E-state index >= 15 is 0 Å². The molecule has 5 heterocycles. The summed E-state index contributed by atoms with van der Waals surface area (Å²) in [6.45, 7) is 8.56. The molecule has 3 saturated heterocycles. The first-order valence-corrected chi connectivity index (χ1v) is 10.7. The standard InChI is InChI=1S/C20H30N6O3/c27-20(2-9-28-10-3-20)13-26-15-23-17-18(21-14-22-19(17)26)25-6-4-24(5-7-25)11-16-1-8-29-12-16/h14-16,27H,1-13H2. The van der Waals surface area contributed by atoms with Gasteiger partial charge in [-0.05, 0) is 12.3 Å². The van der Waals surface area contributed by atoms with E-state index in [2.05, 4.69) is 24.8 Å². The first-order chi connectivity index (χ1) is 14.2. The maximum absolute atomic E-state index is 10.9.